The van der Waals surface area contributed by atoms with Crippen LogP contribution in [0.5, 0.6) is 5.75 Å². The van der Waals surface area contributed by atoms with Crippen LogP contribution in [0.3, 0.4) is 0 Å². The lowest BCUT2D eigenvalue weighted by molar-refractivity contribution is 0.215. The van der Waals surface area contributed by atoms with Crippen LogP contribution in [0.4, 0.5) is 5.69 Å². The molecule has 0 bridgehead atoms. The van der Waals surface area contributed by atoms with E-state index in [1.54, 1.807) is 0 Å². The summed E-state index contributed by atoms with van der Waals surface area (Å²) in [5, 5.41) is 0. The summed E-state index contributed by atoms with van der Waals surface area (Å²) in [5.41, 5.74) is 8.27. The Hall–Kier alpha value is -1.22. The first-order valence-electron chi connectivity index (χ1n) is 5.82. The molecule has 0 saturated heterocycles. The first kappa shape index (κ1) is 11.3. The molecule has 16 heavy (non-hydrogen) atoms. The molecule has 3 heteroatoms. The molecule has 2 rings (SSSR count). The third-order valence-electron chi connectivity index (χ3n) is 2.85. The normalized spacial score (nSPS) is 21.2. The second-order valence-electron chi connectivity index (χ2n) is 4.79. The number of benzene rings is 1. The van der Waals surface area contributed by atoms with Gasteiger partial charge in [0, 0.05) is 13.1 Å². The summed E-state index contributed by atoms with van der Waals surface area (Å²) in [6, 6.07) is 6.55. The lowest BCUT2D eigenvalue weighted by Gasteiger charge is -2.32. The largest absolute Gasteiger partial charge is 0.487 e. The summed E-state index contributed by atoms with van der Waals surface area (Å²) in [7, 11) is 2.10. The summed E-state index contributed by atoms with van der Waals surface area (Å²) in [4.78, 5) is 2.24. The predicted molar refractivity (Wildman–Crippen MR) is 67.2 cm³/mol. The van der Waals surface area contributed by atoms with Gasteiger partial charge in [-0.2, -0.15) is 0 Å². The molecule has 1 aliphatic heterocycles. The van der Waals surface area contributed by atoms with Gasteiger partial charge in [0.1, 0.15) is 11.9 Å². The molecule has 0 spiro atoms. The van der Waals surface area contributed by atoms with Crippen molar-refractivity contribution in [1.82, 2.24) is 0 Å². The Morgan fingerprint density at radius 1 is 1.56 bits per heavy atom. The molecular weight excluding hydrogens is 200 g/mol. The van der Waals surface area contributed by atoms with E-state index in [1.807, 2.05) is 6.92 Å². The highest BCUT2D eigenvalue weighted by Gasteiger charge is 2.20. The fourth-order valence-electron chi connectivity index (χ4n) is 2.20. The van der Waals surface area contributed by atoms with Crippen LogP contribution in [0.15, 0.2) is 18.2 Å². The Kier molecular flexibility index (Phi) is 3.06. The second kappa shape index (κ2) is 4.34. The molecule has 1 aromatic rings. The monoisotopic (exact) mass is 220 g/mol. The lowest BCUT2D eigenvalue weighted by Crippen LogP contribution is -2.35. The van der Waals surface area contributed by atoms with E-state index in [2.05, 4.69) is 37.1 Å². The Morgan fingerprint density at radius 3 is 3.00 bits per heavy atom. The van der Waals surface area contributed by atoms with Crippen LogP contribution < -0.4 is 15.4 Å². The molecule has 3 nitrogen and oxygen atoms in total. The van der Waals surface area contributed by atoms with Gasteiger partial charge < -0.3 is 15.4 Å². The fourth-order valence-corrected chi connectivity index (χ4v) is 2.20. The molecule has 0 saturated carbocycles. The van der Waals surface area contributed by atoms with Crippen molar-refractivity contribution in [2.45, 2.75) is 32.4 Å². The van der Waals surface area contributed by atoms with Crippen LogP contribution in [0.25, 0.3) is 0 Å². The van der Waals surface area contributed by atoms with Crippen molar-refractivity contribution in [3.63, 3.8) is 0 Å². The maximum Gasteiger partial charge on any atom is 0.143 e. The molecule has 1 aliphatic rings. The van der Waals surface area contributed by atoms with E-state index in [4.69, 9.17) is 10.5 Å². The molecule has 88 valence electrons. The van der Waals surface area contributed by atoms with Gasteiger partial charge in [-0.1, -0.05) is 6.07 Å². The molecular formula is C13H20N2O. The zero-order valence-corrected chi connectivity index (χ0v) is 10.2. The Labute approximate surface area is 97.2 Å². The minimum atomic E-state index is 0.201. The molecule has 1 aromatic carbocycles. The van der Waals surface area contributed by atoms with E-state index < -0.39 is 0 Å². The van der Waals surface area contributed by atoms with E-state index in [0.717, 1.165) is 18.7 Å². The van der Waals surface area contributed by atoms with Crippen LogP contribution in [-0.2, 0) is 6.42 Å². The standard InChI is InChI=1S/C13H20N2O/c1-9(14)6-11-4-5-13-12(7-11)15(3)8-10(2)16-13/h4-5,7,9-10H,6,8,14H2,1-3H3. The summed E-state index contributed by atoms with van der Waals surface area (Å²) in [5.74, 6) is 0.981. The first-order valence-corrected chi connectivity index (χ1v) is 5.82. The van der Waals surface area contributed by atoms with Crippen LogP contribution in [0.1, 0.15) is 19.4 Å². The SMILES string of the molecule is CC(N)Cc1ccc2c(c1)N(C)CC(C)O2. The van der Waals surface area contributed by atoms with E-state index in [-0.39, 0.29) is 12.1 Å². The number of nitrogens with zero attached hydrogens (tertiary/aromatic N) is 1. The topological polar surface area (TPSA) is 38.5 Å². The lowest BCUT2D eigenvalue weighted by atomic mass is 10.1. The number of fused-ring (bicyclic) bond motifs is 1. The predicted octanol–water partition coefficient (Wildman–Crippen LogP) is 1.79. The molecule has 0 aromatic heterocycles. The number of hydrogen-bond donors (Lipinski definition) is 1. The summed E-state index contributed by atoms with van der Waals surface area (Å²) >= 11 is 0. The Bertz CT molecular complexity index is 376. The Morgan fingerprint density at radius 2 is 2.31 bits per heavy atom. The third kappa shape index (κ3) is 2.30. The highest BCUT2D eigenvalue weighted by molar-refractivity contribution is 5.61. The van der Waals surface area contributed by atoms with Crippen molar-refractivity contribution >= 4 is 5.69 Å². The minimum absolute atomic E-state index is 0.201. The van der Waals surface area contributed by atoms with Crippen LogP contribution >= 0.6 is 0 Å². The second-order valence-corrected chi connectivity index (χ2v) is 4.79. The quantitative estimate of drug-likeness (QED) is 0.826. The van der Waals surface area contributed by atoms with E-state index >= 15 is 0 Å². The Balaban J connectivity index is 2.27. The van der Waals surface area contributed by atoms with Gasteiger partial charge in [-0.3, -0.25) is 0 Å². The minimum Gasteiger partial charge on any atom is -0.487 e. The zero-order valence-electron chi connectivity index (χ0n) is 10.2. The summed E-state index contributed by atoms with van der Waals surface area (Å²) in [6.07, 6.45) is 1.17. The third-order valence-corrected chi connectivity index (χ3v) is 2.85. The zero-order chi connectivity index (χ0) is 11.7. The van der Waals surface area contributed by atoms with Gasteiger partial charge in [-0.25, -0.2) is 0 Å². The molecule has 0 fully saturated rings. The molecule has 0 aliphatic carbocycles. The maximum absolute atomic E-state index is 5.81. The van der Waals surface area contributed by atoms with Crippen LogP contribution in [-0.4, -0.2) is 25.7 Å². The smallest absolute Gasteiger partial charge is 0.143 e. The molecule has 0 amide bonds. The molecule has 2 atom stereocenters. The fraction of sp³-hybridized carbons (Fsp3) is 0.538. The van der Waals surface area contributed by atoms with E-state index in [9.17, 15) is 0 Å². The number of nitrogens with two attached hydrogens (primary N) is 1. The molecule has 0 radical (unpaired) electrons. The number of rotatable bonds is 2. The van der Waals surface area contributed by atoms with Gasteiger partial charge in [-0.15, -0.1) is 0 Å². The van der Waals surface area contributed by atoms with Crippen molar-refractivity contribution in [3.8, 4) is 5.75 Å². The van der Waals surface area contributed by atoms with Crippen molar-refractivity contribution < 1.29 is 4.74 Å². The highest BCUT2D eigenvalue weighted by atomic mass is 16.5. The van der Waals surface area contributed by atoms with Crippen molar-refractivity contribution in [1.29, 1.82) is 0 Å². The van der Waals surface area contributed by atoms with Crippen molar-refractivity contribution in [3.05, 3.63) is 23.8 Å². The van der Waals surface area contributed by atoms with Crippen LogP contribution in [0, 0.1) is 0 Å². The summed E-state index contributed by atoms with van der Waals surface area (Å²) < 4.78 is 5.79. The van der Waals surface area contributed by atoms with Crippen molar-refractivity contribution in [2.24, 2.45) is 5.73 Å². The average molecular weight is 220 g/mol. The van der Waals surface area contributed by atoms with E-state index in [0.29, 0.717) is 0 Å². The molecule has 2 N–H and O–H groups in total. The van der Waals surface area contributed by atoms with Gasteiger partial charge in [0.2, 0.25) is 0 Å². The number of ether oxygens (including phenoxy) is 1. The number of anilines is 1. The molecule has 2 unspecified atom stereocenters. The maximum atomic E-state index is 5.81. The van der Waals surface area contributed by atoms with Gasteiger partial charge >= 0.3 is 0 Å². The van der Waals surface area contributed by atoms with Gasteiger partial charge in [0.15, 0.2) is 0 Å². The van der Waals surface area contributed by atoms with Gasteiger partial charge in [0.25, 0.3) is 0 Å². The number of likely N-dealkylation sites (N-methyl/N-ethyl adjacent to an activating group) is 1. The van der Waals surface area contributed by atoms with Crippen LogP contribution in [0.2, 0.25) is 0 Å². The average Bonchev–Trinajstić information content (AvgIpc) is 2.18. The highest BCUT2D eigenvalue weighted by Crippen LogP contribution is 2.33. The van der Waals surface area contributed by atoms with Crippen molar-refractivity contribution in [2.75, 3.05) is 18.5 Å². The first-order chi connectivity index (χ1) is 7.56. The van der Waals surface area contributed by atoms with E-state index in [1.165, 1.54) is 11.3 Å². The summed E-state index contributed by atoms with van der Waals surface area (Å²) in [6.45, 7) is 5.06. The molecule has 1 heterocycles. The van der Waals surface area contributed by atoms with Gasteiger partial charge in [0.05, 0.1) is 12.2 Å². The van der Waals surface area contributed by atoms with Gasteiger partial charge in [-0.05, 0) is 38.0 Å². The number of hydrogen-bond acceptors (Lipinski definition) is 3.